The molecule has 2 aromatic heterocycles. The van der Waals surface area contributed by atoms with Gasteiger partial charge in [-0.1, -0.05) is 18.7 Å². The van der Waals surface area contributed by atoms with Crippen molar-refractivity contribution in [1.82, 2.24) is 19.7 Å². The van der Waals surface area contributed by atoms with Gasteiger partial charge in [-0.25, -0.2) is 4.98 Å². The van der Waals surface area contributed by atoms with E-state index in [9.17, 15) is 4.79 Å². The van der Waals surface area contributed by atoms with E-state index < -0.39 is 0 Å². The smallest absolute Gasteiger partial charge is 0.239 e. The third-order valence-corrected chi connectivity index (χ3v) is 4.34. The van der Waals surface area contributed by atoms with E-state index in [1.165, 1.54) is 23.1 Å². The normalized spacial score (nSPS) is 12.3. The number of aryl methyl sites for hydroxylation is 1. The first kappa shape index (κ1) is 13.0. The minimum Gasteiger partial charge on any atom is -0.312 e. The average molecular weight is 283 g/mol. The third kappa shape index (κ3) is 3.08. The molecule has 6 nitrogen and oxygen atoms in total. The van der Waals surface area contributed by atoms with Crippen LogP contribution in [0.2, 0.25) is 0 Å². The molecule has 0 fully saturated rings. The van der Waals surface area contributed by atoms with Crippen molar-refractivity contribution in [3.63, 3.8) is 0 Å². The lowest BCUT2D eigenvalue weighted by Crippen LogP contribution is -2.24. The second kappa shape index (κ2) is 5.96. The molecule has 2 aromatic rings. The van der Waals surface area contributed by atoms with Gasteiger partial charge in [0.05, 0.1) is 5.25 Å². The number of nitrogens with zero attached hydrogens (tertiary/aromatic N) is 4. The van der Waals surface area contributed by atoms with Crippen molar-refractivity contribution in [2.45, 2.75) is 23.8 Å². The van der Waals surface area contributed by atoms with Gasteiger partial charge in [-0.05, 0) is 6.42 Å². The highest BCUT2D eigenvalue weighted by atomic mass is 32.2. The number of amides is 1. The second-order valence-electron chi connectivity index (χ2n) is 3.57. The first-order valence-corrected chi connectivity index (χ1v) is 7.17. The number of hydrogen-bond acceptors (Lipinski definition) is 6. The number of carbonyl (C=O) groups is 1. The Hall–Kier alpha value is -1.41. The zero-order valence-electron chi connectivity index (χ0n) is 10.0. The molecule has 1 unspecified atom stereocenters. The second-order valence-corrected chi connectivity index (χ2v) is 5.63. The fourth-order valence-corrected chi connectivity index (χ4v) is 2.73. The standard InChI is InChI=1S/C10H13N5OS2/c1-3-7(18-10-14-12-6-15(10)2)8(16)13-9-11-4-5-17-9/h4-7H,3H2,1-2H3,(H,11,13,16). The summed E-state index contributed by atoms with van der Waals surface area (Å²) in [6.07, 6.45) is 4.00. The summed E-state index contributed by atoms with van der Waals surface area (Å²) >= 11 is 2.81. The SMILES string of the molecule is CCC(Sc1nncn1C)C(=O)Nc1nccs1. The van der Waals surface area contributed by atoms with Gasteiger partial charge < -0.3 is 9.88 Å². The molecule has 1 amide bonds. The van der Waals surface area contributed by atoms with Crippen LogP contribution in [0.5, 0.6) is 0 Å². The average Bonchev–Trinajstić information content (AvgIpc) is 2.98. The maximum atomic E-state index is 12.1. The van der Waals surface area contributed by atoms with Crippen LogP contribution >= 0.6 is 23.1 Å². The number of nitrogens with one attached hydrogen (secondary N) is 1. The Balaban J connectivity index is 2.00. The van der Waals surface area contributed by atoms with Gasteiger partial charge in [0.15, 0.2) is 10.3 Å². The number of carbonyl (C=O) groups excluding carboxylic acids is 1. The molecule has 0 bridgehead atoms. The van der Waals surface area contributed by atoms with Gasteiger partial charge in [-0.15, -0.1) is 21.5 Å². The van der Waals surface area contributed by atoms with Crippen LogP contribution in [0.1, 0.15) is 13.3 Å². The minimum absolute atomic E-state index is 0.0551. The lowest BCUT2D eigenvalue weighted by Gasteiger charge is -2.12. The van der Waals surface area contributed by atoms with Crippen LogP contribution in [-0.4, -0.2) is 30.9 Å². The molecule has 0 aliphatic heterocycles. The van der Waals surface area contributed by atoms with E-state index in [2.05, 4.69) is 20.5 Å². The predicted octanol–water partition coefficient (Wildman–Crippen LogP) is 1.78. The van der Waals surface area contributed by atoms with Crippen molar-refractivity contribution < 1.29 is 4.79 Å². The quantitative estimate of drug-likeness (QED) is 0.847. The van der Waals surface area contributed by atoms with E-state index in [0.29, 0.717) is 11.6 Å². The third-order valence-electron chi connectivity index (χ3n) is 2.24. The fourth-order valence-electron chi connectivity index (χ4n) is 1.30. The first-order chi connectivity index (χ1) is 8.70. The minimum atomic E-state index is -0.197. The van der Waals surface area contributed by atoms with Crippen molar-refractivity contribution in [3.8, 4) is 0 Å². The van der Waals surface area contributed by atoms with Gasteiger partial charge in [0, 0.05) is 18.6 Å². The highest BCUT2D eigenvalue weighted by Crippen LogP contribution is 2.24. The largest absolute Gasteiger partial charge is 0.312 e. The number of hydrogen-bond donors (Lipinski definition) is 1. The topological polar surface area (TPSA) is 72.7 Å². The Kier molecular flexibility index (Phi) is 4.32. The lowest BCUT2D eigenvalue weighted by atomic mass is 10.3. The molecular formula is C10H13N5OS2. The molecule has 0 radical (unpaired) electrons. The van der Waals surface area contributed by atoms with Crippen molar-refractivity contribution in [1.29, 1.82) is 0 Å². The van der Waals surface area contributed by atoms with Crippen molar-refractivity contribution in [2.24, 2.45) is 7.05 Å². The van der Waals surface area contributed by atoms with Crippen molar-refractivity contribution in [3.05, 3.63) is 17.9 Å². The summed E-state index contributed by atoms with van der Waals surface area (Å²) in [4.78, 5) is 16.1. The van der Waals surface area contributed by atoms with Gasteiger partial charge in [0.1, 0.15) is 6.33 Å². The number of thiazole rings is 1. The van der Waals surface area contributed by atoms with E-state index in [1.54, 1.807) is 17.1 Å². The summed E-state index contributed by atoms with van der Waals surface area (Å²) in [5.74, 6) is -0.0551. The van der Waals surface area contributed by atoms with Crippen molar-refractivity contribution >= 4 is 34.1 Å². The molecule has 0 aromatic carbocycles. The number of anilines is 1. The fraction of sp³-hybridized carbons (Fsp3) is 0.400. The van der Waals surface area contributed by atoms with Crippen LogP contribution in [0, 0.1) is 0 Å². The Bertz CT molecular complexity index is 510. The molecule has 0 aliphatic carbocycles. The summed E-state index contributed by atoms with van der Waals surface area (Å²) in [7, 11) is 1.85. The summed E-state index contributed by atoms with van der Waals surface area (Å²) in [5.41, 5.74) is 0. The van der Waals surface area contributed by atoms with Gasteiger partial charge in [0.25, 0.3) is 0 Å². The van der Waals surface area contributed by atoms with Crippen LogP contribution in [0.15, 0.2) is 23.1 Å². The number of rotatable bonds is 5. The molecule has 1 N–H and O–H groups in total. The molecule has 0 aliphatic rings. The maximum Gasteiger partial charge on any atom is 0.239 e. The molecule has 0 saturated heterocycles. The first-order valence-electron chi connectivity index (χ1n) is 5.41. The molecule has 18 heavy (non-hydrogen) atoms. The Morgan fingerprint density at radius 1 is 1.67 bits per heavy atom. The highest BCUT2D eigenvalue weighted by molar-refractivity contribution is 8.00. The summed E-state index contributed by atoms with van der Waals surface area (Å²) in [6, 6.07) is 0. The zero-order chi connectivity index (χ0) is 13.0. The van der Waals surface area contributed by atoms with Gasteiger partial charge >= 0.3 is 0 Å². The zero-order valence-corrected chi connectivity index (χ0v) is 11.7. The highest BCUT2D eigenvalue weighted by Gasteiger charge is 2.20. The molecule has 96 valence electrons. The van der Waals surface area contributed by atoms with E-state index in [4.69, 9.17) is 0 Å². The lowest BCUT2D eigenvalue weighted by molar-refractivity contribution is -0.115. The Morgan fingerprint density at radius 3 is 3.06 bits per heavy atom. The molecule has 0 saturated carbocycles. The van der Waals surface area contributed by atoms with E-state index in [1.807, 2.05) is 19.4 Å². The van der Waals surface area contributed by atoms with Crippen LogP contribution in [0.3, 0.4) is 0 Å². The number of thioether (sulfide) groups is 1. The van der Waals surface area contributed by atoms with E-state index >= 15 is 0 Å². The molecular weight excluding hydrogens is 270 g/mol. The van der Waals surface area contributed by atoms with Crippen LogP contribution < -0.4 is 5.32 Å². The summed E-state index contributed by atoms with van der Waals surface area (Å²) in [5, 5.41) is 13.5. The molecule has 2 heterocycles. The molecule has 8 heteroatoms. The van der Waals surface area contributed by atoms with Gasteiger partial charge in [-0.2, -0.15) is 0 Å². The van der Waals surface area contributed by atoms with Crippen LogP contribution in [0.25, 0.3) is 0 Å². The van der Waals surface area contributed by atoms with Crippen LogP contribution in [-0.2, 0) is 11.8 Å². The summed E-state index contributed by atoms with van der Waals surface area (Å²) < 4.78 is 1.80. The van der Waals surface area contributed by atoms with Gasteiger partial charge in [-0.3, -0.25) is 4.79 Å². The maximum absolute atomic E-state index is 12.1. The van der Waals surface area contributed by atoms with Gasteiger partial charge in [0.2, 0.25) is 5.91 Å². The van der Waals surface area contributed by atoms with E-state index in [0.717, 1.165) is 5.16 Å². The predicted molar refractivity (Wildman–Crippen MR) is 71.7 cm³/mol. The molecule has 2 rings (SSSR count). The number of aromatic nitrogens is 4. The summed E-state index contributed by atoms with van der Waals surface area (Å²) in [6.45, 7) is 1.97. The van der Waals surface area contributed by atoms with Crippen LogP contribution in [0.4, 0.5) is 5.13 Å². The monoisotopic (exact) mass is 283 g/mol. The van der Waals surface area contributed by atoms with Crippen molar-refractivity contribution in [2.75, 3.05) is 5.32 Å². The Labute approximate surface area is 113 Å². The molecule has 1 atom stereocenters. The molecule has 0 spiro atoms. The van der Waals surface area contributed by atoms with E-state index in [-0.39, 0.29) is 11.2 Å². The Morgan fingerprint density at radius 2 is 2.50 bits per heavy atom.